The van der Waals surface area contributed by atoms with E-state index in [-0.39, 0.29) is 0 Å². The Morgan fingerprint density at radius 3 is 3.00 bits per heavy atom. The molecule has 6 nitrogen and oxygen atoms in total. The van der Waals surface area contributed by atoms with E-state index in [1.54, 1.807) is 12.4 Å². The molecule has 128 valence electrons. The van der Waals surface area contributed by atoms with Crippen molar-refractivity contribution in [2.45, 2.75) is 45.2 Å². The van der Waals surface area contributed by atoms with Crippen LogP contribution in [-0.2, 0) is 6.54 Å². The Bertz CT molecular complexity index is 711. The van der Waals surface area contributed by atoms with Gasteiger partial charge in [0.15, 0.2) is 0 Å². The van der Waals surface area contributed by atoms with Gasteiger partial charge in [0.05, 0.1) is 12.1 Å². The molecule has 2 heterocycles. The van der Waals surface area contributed by atoms with E-state index in [1.165, 1.54) is 0 Å². The summed E-state index contributed by atoms with van der Waals surface area (Å²) in [7, 11) is 0. The van der Waals surface area contributed by atoms with Gasteiger partial charge in [-0.1, -0.05) is 12.1 Å². The maximum absolute atomic E-state index is 11.2. The summed E-state index contributed by atoms with van der Waals surface area (Å²) in [5.41, 5.74) is 1.48. The van der Waals surface area contributed by atoms with E-state index in [2.05, 4.69) is 33.5 Å². The van der Waals surface area contributed by atoms with Crippen LogP contribution in [-0.4, -0.2) is 43.8 Å². The van der Waals surface area contributed by atoms with Crippen LogP contribution in [0.25, 0.3) is 0 Å². The van der Waals surface area contributed by atoms with Gasteiger partial charge in [-0.2, -0.15) is 0 Å². The van der Waals surface area contributed by atoms with Gasteiger partial charge in [-0.15, -0.1) is 10.2 Å². The van der Waals surface area contributed by atoms with Crippen LogP contribution >= 0.6 is 0 Å². The molecule has 0 aliphatic carbocycles. The highest BCUT2D eigenvalue weighted by Crippen LogP contribution is 2.28. The lowest BCUT2D eigenvalue weighted by atomic mass is 9.89. The maximum Gasteiger partial charge on any atom is 0.335 e. The summed E-state index contributed by atoms with van der Waals surface area (Å²) in [5, 5.41) is 17.5. The van der Waals surface area contributed by atoms with E-state index in [0.717, 1.165) is 43.9 Å². The molecule has 1 saturated heterocycles. The number of piperidine rings is 1. The van der Waals surface area contributed by atoms with Crippen LogP contribution in [0.15, 0.2) is 30.6 Å². The van der Waals surface area contributed by atoms with Crippen molar-refractivity contribution < 1.29 is 9.90 Å². The molecular formula is C18H24N4O2. The smallest absolute Gasteiger partial charge is 0.335 e. The number of carbonyl (C=O) groups is 1. The van der Waals surface area contributed by atoms with E-state index in [1.807, 2.05) is 18.2 Å². The van der Waals surface area contributed by atoms with Gasteiger partial charge in [0.2, 0.25) is 0 Å². The minimum Gasteiger partial charge on any atom is -0.478 e. The minimum atomic E-state index is -0.866. The fourth-order valence-electron chi connectivity index (χ4n) is 3.41. The van der Waals surface area contributed by atoms with Crippen LogP contribution in [0.4, 0.5) is 0 Å². The number of aromatic carboxylic acids is 1. The Balaban J connectivity index is 1.71. The summed E-state index contributed by atoms with van der Waals surface area (Å²) < 4.78 is 2.11. The van der Waals surface area contributed by atoms with Gasteiger partial charge >= 0.3 is 5.97 Å². The van der Waals surface area contributed by atoms with Crippen LogP contribution in [0, 0.1) is 0 Å². The number of carboxylic acid groups (broad SMARTS) is 1. The molecular weight excluding hydrogens is 304 g/mol. The van der Waals surface area contributed by atoms with Crippen molar-refractivity contribution in [2.24, 2.45) is 0 Å². The lowest BCUT2D eigenvalue weighted by molar-refractivity contribution is 0.0696. The number of nitrogens with zero attached hydrogens (tertiary/aromatic N) is 4. The van der Waals surface area contributed by atoms with Crippen molar-refractivity contribution in [1.82, 2.24) is 19.7 Å². The molecule has 1 N–H and O–H groups in total. The molecule has 1 aromatic heterocycles. The molecule has 0 radical (unpaired) electrons. The molecule has 0 unspecified atom stereocenters. The average molecular weight is 328 g/mol. The Morgan fingerprint density at radius 1 is 1.42 bits per heavy atom. The van der Waals surface area contributed by atoms with Gasteiger partial charge in [0.25, 0.3) is 0 Å². The molecule has 6 heteroatoms. The summed E-state index contributed by atoms with van der Waals surface area (Å²) >= 11 is 0. The van der Waals surface area contributed by atoms with Gasteiger partial charge in [0, 0.05) is 12.6 Å². The third kappa shape index (κ3) is 3.64. The van der Waals surface area contributed by atoms with Crippen LogP contribution in [0.5, 0.6) is 0 Å². The third-order valence-corrected chi connectivity index (χ3v) is 4.68. The second-order valence-corrected chi connectivity index (χ2v) is 6.75. The van der Waals surface area contributed by atoms with Gasteiger partial charge in [0.1, 0.15) is 12.2 Å². The number of hydrogen-bond acceptors (Lipinski definition) is 4. The van der Waals surface area contributed by atoms with Gasteiger partial charge in [-0.05, 0) is 56.8 Å². The molecule has 1 aromatic carbocycles. The highest BCUT2D eigenvalue weighted by molar-refractivity contribution is 5.87. The summed E-state index contributed by atoms with van der Waals surface area (Å²) in [5.74, 6) is 0.493. The molecule has 0 bridgehead atoms. The van der Waals surface area contributed by atoms with Gasteiger partial charge in [-0.25, -0.2) is 4.79 Å². The third-order valence-electron chi connectivity index (χ3n) is 4.68. The summed E-state index contributed by atoms with van der Waals surface area (Å²) in [4.78, 5) is 13.6. The molecule has 0 amide bonds. The summed E-state index contributed by atoms with van der Waals surface area (Å²) in [6, 6.07) is 7.69. The Kier molecular flexibility index (Phi) is 4.94. The fourth-order valence-corrected chi connectivity index (χ4v) is 3.41. The number of likely N-dealkylation sites (tertiary alicyclic amines) is 1. The Morgan fingerprint density at radius 2 is 2.25 bits per heavy atom. The number of carboxylic acids is 1. The standard InChI is InChI=1S/C18H24N4O2/c1-13(2)22-12-19-20-17(22)11-21-8-4-7-16(10-21)14-5-3-6-15(9-14)18(23)24/h3,5-6,9,12-13,16H,4,7-8,10-11H2,1-2H3,(H,23,24)/t16-/m1/s1. The minimum absolute atomic E-state index is 0.350. The van der Waals surface area contributed by atoms with Gasteiger partial charge in [-0.3, -0.25) is 4.90 Å². The summed E-state index contributed by atoms with van der Waals surface area (Å²) in [6.07, 6.45) is 3.99. The first-order chi connectivity index (χ1) is 11.5. The second-order valence-electron chi connectivity index (χ2n) is 6.75. The van der Waals surface area contributed by atoms with Gasteiger partial charge < -0.3 is 9.67 Å². The quantitative estimate of drug-likeness (QED) is 0.914. The van der Waals surface area contributed by atoms with E-state index in [0.29, 0.717) is 17.5 Å². The van der Waals surface area contributed by atoms with Crippen molar-refractivity contribution in [3.63, 3.8) is 0 Å². The zero-order valence-electron chi connectivity index (χ0n) is 14.2. The molecule has 1 fully saturated rings. The molecule has 1 aliphatic heterocycles. The highest BCUT2D eigenvalue weighted by atomic mass is 16.4. The number of rotatable bonds is 5. The van der Waals surface area contributed by atoms with Crippen LogP contribution < -0.4 is 0 Å². The molecule has 2 aromatic rings. The number of hydrogen-bond donors (Lipinski definition) is 1. The first-order valence-electron chi connectivity index (χ1n) is 8.48. The number of aromatic nitrogens is 3. The van der Waals surface area contributed by atoms with Crippen molar-refractivity contribution in [3.8, 4) is 0 Å². The normalized spacial score (nSPS) is 18.9. The van der Waals surface area contributed by atoms with Crippen molar-refractivity contribution >= 4 is 5.97 Å². The molecule has 0 saturated carbocycles. The Hall–Kier alpha value is -2.21. The van der Waals surface area contributed by atoms with Crippen molar-refractivity contribution in [3.05, 3.63) is 47.5 Å². The number of benzene rings is 1. The molecule has 1 aliphatic rings. The first kappa shape index (κ1) is 16.6. The lowest BCUT2D eigenvalue weighted by Crippen LogP contribution is -2.34. The van der Waals surface area contributed by atoms with Crippen LogP contribution in [0.1, 0.15) is 60.4 Å². The SMILES string of the molecule is CC(C)n1cnnc1CN1CCC[C@@H](c2cccc(C(=O)O)c2)C1. The topological polar surface area (TPSA) is 71.2 Å². The first-order valence-corrected chi connectivity index (χ1v) is 8.48. The van der Waals surface area contributed by atoms with E-state index in [4.69, 9.17) is 0 Å². The zero-order valence-corrected chi connectivity index (χ0v) is 14.2. The molecule has 24 heavy (non-hydrogen) atoms. The molecule has 3 rings (SSSR count). The van der Waals surface area contributed by atoms with Crippen molar-refractivity contribution in [1.29, 1.82) is 0 Å². The predicted octanol–water partition coefficient (Wildman–Crippen LogP) is 2.94. The fraction of sp³-hybridized carbons (Fsp3) is 0.500. The maximum atomic E-state index is 11.2. The van der Waals surface area contributed by atoms with Crippen molar-refractivity contribution in [2.75, 3.05) is 13.1 Å². The average Bonchev–Trinajstić information content (AvgIpc) is 3.03. The second kappa shape index (κ2) is 7.13. The molecule has 0 spiro atoms. The molecule has 1 atom stereocenters. The van der Waals surface area contributed by atoms with E-state index in [9.17, 15) is 9.90 Å². The lowest BCUT2D eigenvalue weighted by Gasteiger charge is -2.33. The zero-order chi connectivity index (χ0) is 17.1. The van der Waals surface area contributed by atoms with Crippen LogP contribution in [0.3, 0.4) is 0 Å². The highest BCUT2D eigenvalue weighted by Gasteiger charge is 2.23. The monoisotopic (exact) mass is 328 g/mol. The Labute approximate surface area is 142 Å². The van der Waals surface area contributed by atoms with E-state index >= 15 is 0 Å². The largest absolute Gasteiger partial charge is 0.478 e. The van der Waals surface area contributed by atoms with E-state index < -0.39 is 5.97 Å². The van der Waals surface area contributed by atoms with Crippen LogP contribution in [0.2, 0.25) is 0 Å². The summed E-state index contributed by atoms with van der Waals surface area (Å²) in [6.45, 7) is 7.01. The predicted molar refractivity (Wildman–Crippen MR) is 91.1 cm³/mol.